The molecule has 120 valence electrons. The van der Waals surface area contributed by atoms with Gasteiger partial charge in [0.2, 0.25) is 0 Å². The average Bonchev–Trinajstić information content (AvgIpc) is 2.45. The fourth-order valence-electron chi connectivity index (χ4n) is 2.88. The van der Waals surface area contributed by atoms with Crippen molar-refractivity contribution in [2.75, 3.05) is 0 Å². The molecule has 2 atom stereocenters. The molecular formula is C19H38O. The minimum atomic E-state index is 0.280. The summed E-state index contributed by atoms with van der Waals surface area (Å²) in [7, 11) is 0. The van der Waals surface area contributed by atoms with Crippen molar-refractivity contribution in [3.05, 3.63) is 0 Å². The highest BCUT2D eigenvalue weighted by molar-refractivity contribution is 5.82. The highest BCUT2D eigenvalue weighted by atomic mass is 16.1. The zero-order valence-electron chi connectivity index (χ0n) is 14.5. The van der Waals surface area contributed by atoms with Gasteiger partial charge in [-0.2, -0.15) is 0 Å². The standard InChI is InChI=1S/C19H38O/c1-5-7-9-11-13-15-17(3)19(20)18(4)16-14-12-10-8-6-2/h17-18H,5-16H2,1-4H3. The van der Waals surface area contributed by atoms with Gasteiger partial charge >= 0.3 is 0 Å². The van der Waals surface area contributed by atoms with Crippen LogP contribution in [0.4, 0.5) is 0 Å². The van der Waals surface area contributed by atoms with E-state index >= 15 is 0 Å². The van der Waals surface area contributed by atoms with E-state index in [1.807, 2.05) is 0 Å². The van der Waals surface area contributed by atoms with Crippen LogP contribution in [0, 0.1) is 11.8 Å². The molecule has 0 fully saturated rings. The third-order valence-electron chi connectivity index (χ3n) is 4.45. The van der Waals surface area contributed by atoms with E-state index in [2.05, 4.69) is 27.7 Å². The molecule has 2 unspecified atom stereocenters. The largest absolute Gasteiger partial charge is 0.299 e. The van der Waals surface area contributed by atoms with E-state index in [1.165, 1.54) is 64.2 Å². The first-order valence-corrected chi connectivity index (χ1v) is 9.17. The van der Waals surface area contributed by atoms with Crippen molar-refractivity contribution in [3.8, 4) is 0 Å². The van der Waals surface area contributed by atoms with Crippen LogP contribution in [0.25, 0.3) is 0 Å². The quantitative estimate of drug-likeness (QED) is 0.330. The zero-order valence-corrected chi connectivity index (χ0v) is 14.5. The third kappa shape index (κ3) is 10.5. The second-order valence-corrected chi connectivity index (χ2v) is 6.61. The SMILES string of the molecule is CCCCCCCC(C)C(=O)C(C)CCCCCCC. The van der Waals surface area contributed by atoms with Crippen LogP contribution in [0.2, 0.25) is 0 Å². The Morgan fingerprint density at radius 3 is 1.35 bits per heavy atom. The summed E-state index contributed by atoms with van der Waals surface area (Å²) in [5, 5.41) is 0. The van der Waals surface area contributed by atoms with E-state index in [-0.39, 0.29) is 11.8 Å². The van der Waals surface area contributed by atoms with Gasteiger partial charge in [-0.25, -0.2) is 0 Å². The fraction of sp³-hybridized carbons (Fsp3) is 0.947. The monoisotopic (exact) mass is 282 g/mol. The van der Waals surface area contributed by atoms with Crippen LogP contribution in [0.1, 0.15) is 105 Å². The van der Waals surface area contributed by atoms with E-state index in [0.29, 0.717) is 5.78 Å². The summed E-state index contributed by atoms with van der Waals surface area (Å²) in [5.74, 6) is 1.07. The van der Waals surface area contributed by atoms with Crippen LogP contribution in [0.5, 0.6) is 0 Å². The Morgan fingerprint density at radius 1 is 0.650 bits per heavy atom. The third-order valence-corrected chi connectivity index (χ3v) is 4.45. The predicted molar refractivity (Wildman–Crippen MR) is 90.1 cm³/mol. The van der Waals surface area contributed by atoms with Gasteiger partial charge in [-0.05, 0) is 12.8 Å². The summed E-state index contributed by atoms with van der Waals surface area (Å²) >= 11 is 0. The van der Waals surface area contributed by atoms with E-state index in [9.17, 15) is 4.79 Å². The molecular weight excluding hydrogens is 244 g/mol. The van der Waals surface area contributed by atoms with Crippen molar-refractivity contribution in [1.29, 1.82) is 0 Å². The molecule has 0 saturated heterocycles. The number of carbonyl (C=O) groups is 1. The minimum Gasteiger partial charge on any atom is -0.299 e. The highest BCUT2D eigenvalue weighted by Gasteiger charge is 2.18. The van der Waals surface area contributed by atoms with Gasteiger partial charge in [0.05, 0.1) is 0 Å². The first-order chi connectivity index (χ1) is 9.63. The minimum absolute atomic E-state index is 0.280. The predicted octanol–water partition coefficient (Wildman–Crippen LogP) is 6.55. The summed E-state index contributed by atoms with van der Waals surface area (Å²) in [6.45, 7) is 8.76. The van der Waals surface area contributed by atoms with Gasteiger partial charge in [-0.1, -0.05) is 91.9 Å². The van der Waals surface area contributed by atoms with Crippen molar-refractivity contribution in [2.45, 2.75) is 105 Å². The molecule has 0 aliphatic carbocycles. The van der Waals surface area contributed by atoms with Crippen LogP contribution in [-0.4, -0.2) is 5.78 Å². The van der Waals surface area contributed by atoms with Gasteiger partial charge in [-0.3, -0.25) is 4.79 Å². The van der Waals surface area contributed by atoms with Gasteiger partial charge in [0, 0.05) is 11.8 Å². The molecule has 0 heterocycles. The first-order valence-electron chi connectivity index (χ1n) is 9.17. The van der Waals surface area contributed by atoms with E-state index < -0.39 is 0 Å². The Hall–Kier alpha value is -0.330. The molecule has 0 radical (unpaired) electrons. The molecule has 1 nitrogen and oxygen atoms in total. The number of hydrogen-bond donors (Lipinski definition) is 0. The lowest BCUT2D eigenvalue weighted by Gasteiger charge is -2.16. The molecule has 20 heavy (non-hydrogen) atoms. The average molecular weight is 283 g/mol. The van der Waals surface area contributed by atoms with E-state index in [1.54, 1.807) is 0 Å². The molecule has 0 N–H and O–H groups in total. The number of carbonyl (C=O) groups excluding carboxylic acids is 1. The Kier molecular flexibility index (Phi) is 13.4. The number of ketones is 1. The van der Waals surface area contributed by atoms with Gasteiger partial charge in [0.15, 0.2) is 0 Å². The maximum atomic E-state index is 12.3. The summed E-state index contributed by atoms with van der Waals surface area (Å²) in [4.78, 5) is 12.3. The zero-order chi connectivity index (χ0) is 15.2. The molecule has 0 aliphatic rings. The van der Waals surface area contributed by atoms with Gasteiger partial charge in [0.1, 0.15) is 5.78 Å². The summed E-state index contributed by atoms with van der Waals surface area (Å²) < 4.78 is 0. The molecule has 0 aromatic heterocycles. The topological polar surface area (TPSA) is 17.1 Å². The Morgan fingerprint density at radius 2 is 1.00 bits per heavy atom. The summed E-state index contributed by atoms with van der Waals surface area (Å²) in [6, 6.07) is 0. The summed E-state index contributed by atoms with van der Waals surface area (Å²) in [6.07, 6.45) is 15.2. The molecule has 0 saturated carbocycles. The lowest BCUT2D eigenvalue weighted by atomic mass is 9.88. The molecule has 0 aliphatic heterocycles. The van der Waals surface area contributed by atoms with Crippen LogP contribution in [0.3, 0.4) is 0 Å². The van der Waals surface area contributed by atoms with Gasteiger partial charge in [-0.15, -0.1) is 0 Å². The Labute approximate surface area is 127 Å². The van der Waals surface area contributed by atoms with Crippen LogP contribution < -0.4 is 0 Å². The first kappa shape index (κ1) is 19.7. The van der Waals surface area contributed by atoms with E-state index in [4.69, 9.17) is 0 Å². The number of rotatable bonds is 14. The Bertz CT molecular complexity index is 200. The second kappa shape index (κ2) is 13.6. The maximum absolute atomic E-state index is 12.3. The maximum Gasteiger partial charge on any atom is 0.138 e. The van der Waals surface area contributed by atoms with Crippen molar-refractivity contribution in [3.63, 3.8) is 0 Å². The smallest absolute Gasteiger partial charge is 0.138 e. The fourth-order valence-corrected chi connectivity index (χ4v) is 2.88. The van der Waals surface area contributed by atoms with Crippen molar-refractivity contribution >= 4 is 5.78 Å². The van der Waals surface area contributed by atoms with Crippen LogP contribution in [0.15, 0.2) is 0 Å². The lowest BCUT2D eigenvalue weighted by molar-refractivity contribution is -0.126. The summed E-state index contributed by atoms with van der Waals surface area (Å²) in [5.41, 5.74) is 0. The van der Waals surface area contributed by atoms with Gasteiger partial charge < -0.3 is 0 Å². The molecule has 1 heteroatoms. The van der Waals surface area contributed by atoms with Gasteiger partial charge in [0.25, 0.3) is 0 Å². The normalized spacial score (nSPS) is 14.2. The number of Topliss-reactive ketones (excluding diaryl/α,β-unsaturated/α-hetero) is 1. The van der Waals surface area contributed by atoms with Crippen molar-refractivity contribution in [1.82, 2.24) is 0 Å². The van der Waals surface area contributed by atoms with Crippen LogP contribution in [-0.2, 0) is 4.79 Å². The van der Waals surface area contributed by atoms with Crippen molar-refractivity contribution < 1.29 is 4.79 Å². The second-order valence-electron chi connectivity index (χ2n) is 6.61. The van der Waals surface area contributed by atoms with Crippen LogP contribution >= 0.6 is 0 Å². The van der Waals surface area contributed by atoms with Crippen molar-refractivity contribution in [2.24, 2.45) is 11.8 Å². The lowest BCUT2D eigenvalue weighted by Crippen LogP contribution is -2.19. The number of unbranched alkanes of at least 4 members (excludes halogenated alkanes) is 8. The molecule has 0 aromatic rings. The number of hydrogen-bond acceptors (Lipinski definition) is 1. The molecule has 0 spiro atoms. The molecule has 0 bridgehead atoms. The highest BCUT2D eigenvalue weighted by Crippen LogP contribution is 2.20. The van der Waals surface area contributed by atoms with E-state index in [0.717, 1.165) is 12.8 Å². The molecule has 0 amide bonds. The molecule has 0 rings (SSSR count). The molecule has 0 aromatic carbocycles. The Balaban J connectivity index is 3.64.